The molecule has 0 bridgehead atoms. The second kappa shape index (κ2) is 7.39. The molecule has 18 heavy (non-hydrogen) atoms. The Hall–Kier alpha value is -1.06. The molecule has 0 aliphatic carbocycles. The molecule has 1 saturated heterocycles. The molecule has 0 saturated carbocycles. The molecule has 1 aliphatic heterocycles. The molecular weight excluding hydrogens is 224 g/mol. The summed E-state index contributed by atoms with van der Waals surface area (Å²) in [7, 11) is 2.23. The van der Waals surface area contributed by atoms with Gasteiger partial charge in [-0.05, 0) is 45.0 Å². The molecule has 0 aromatic heterocycles. The average Bonchev–Trinajstić information content (AvgIpc) is 2.45. The van der Waals surface area contributed by atoms with Crippen LogP contribution in [0.15, 0.2) is 30.3 Å². The van der Waals surface area contributed by atoms with Gasteiger partial charge in [0.2, 0.25) is 0 Å². The highest BCUT2D eigenvalue weighted by molar-refractivity contribution is 5.42. The van der Waals surface area contributed by atoms with Crippen molar-refractivity contribution in [3.05, 3.63) is 30.3 Å². The Kier molecular flexibility index (Phi) is 5.49. The Morgan fingerprint density at radius 1 is 1.22 bits per heavy atom. The van der Waals surface area contributed by atoms with E-state index in [1.807, 2.05) is 6.07 Å². The van der Waals surface area contributed by atoms with Gasteiger partial charge >= 0.3 is 0 Å². The van der Waals surface area contributed by atoms with Crippen LogP contribution in [0.4, 0.5) is 5.69 Å². The zero-order valence-electron chi connectivity index (χ0n) is 11.3. The molecule has 0 radical (unpaired) electrons. The summed E-state index contributed by atoms with van der Waals surface area (Å²) in [5.41, 5.74) is 1.21. The molecule has 1 N–H and O–H groups in total. The third-order valence-electron chi connectivity index (χ3n) is 3.60. The van der Waals surface area contributed by atoms with E-state index in [9.17, 15) is 0 Å². The van der Waals surface area contributed by atoms with Crippen LogP contribution in [0.1, 0.15) is 19.3 Å². The monoisotopic (exact) mass is 248 g/mol. The van der Waals surface area contributed by atoms with Crippen LogP contribution in [0.2, 0.25) is 0 Å². The van der Waals surface area contributed by atoms with Crippen LogP contribution in [0.3, 0.4) is 0 Å². The summed E-state index contributed by atoms with van der Waals surface area (Å²) in [4.78, 5) is 2.48. The molecule has 1 heterocycles. The van der Waals surface area contributed by atoms with Gasteiger partial charge in [-0.1, -0.05) is 18.2 Å². The molecule has 3 nitrogen and oxygen atoms in total. The Labute approximate surface area is 110 Å². The van der Waals surface area contributed by atoms with Gasteiger partial charge < -0.3 is 15.0 Å². The molecule has 1 fully saturated rings. The van der Waals surface area contributed by atoms with E-state index in [0.717, 1.165) is 32.3 Å². The van der Waals surface area contributed by atoms with Crippen molar-refractivity contribution in [1.82, 2.24) is 4.90 Å². The zero-order chi connectivity index (χ0) is 12.6. The lowest BCUT2D eigenvalue weighted by atomic mass is 10.1. The lowest BCUT2D eigenvalue weighted by Crippen LogP contribution is -2.37. The van der Waals surface area contributed by atoms with Crippen molar-refractivity contribution < 1.29 is 4.74 Å². The fourth-order valence-corrected chi connectivity index (χ4v) is 2.43. The summed E-state index contributed by atoms with van der Waals surface area (Å²) in [6.07, 6.45) is 3.55. The van der Waals surface area contributed by atoms with Crippen molar-refractivity contribution >= 4 is 5.69 Å². The van der Waals surface area contributed by atoms with Crippen LogP contribution < -0.4 is 5.32 Å². The molecule has 1 aromatic carbocycles. The van der Waals surface area contributed by atoms with E-state index in [2.05, 4.69) is 41.5 Å². The summed E-state index contributed by atoms with van der Waals surface area (Å²) >= 11 is 0. The smallest absolute Gasteiger partial charge is 0.0480 e. The summed E-state index contributed by atoms with van der Waals surface area (Å²) in [5.74, 6) is 0. The first-order valence-electron chi connectivity index (χ1n) is 6.93. The summed E-state index contributed by atoms with van der Waals surface area (Å²) < 4.78 is 5.39. The number of nitrogens with one attached hydrogen (secondary N) is 1. The standard InChI is InChI=1S/C15H24N2O/c1-17(15-8-12-18-13-9-15)11-5-10-16-14-6-3-2-4-7-14/h2-4,6-7,15-16H,5,8-13H2,1H3. The maximum atomic E-state index is 5.39. The fourth-order valence-electron chi connectivity index (χ4n) is 2.43. The average molecular weight is 248 g/mol. The first-order chi connectivity index (χ1) is 8.86. The van der Waals surface area contributed by atoms with Crippen molar-refractivity contribution in [1.29, 1.82) is 0 Å². The number of para-hydroxylation sites is 1. The second-order valence-corrected chi connectivity index (χ2v) is 4.97. The van der Waals surface area contributed by atoms with Gasteiger partial charge in [0.25, 0.3) is 0 Å². The minimum absolute atomic E-state index is 0.718. The number of nitrogens with zero attached hydrogens (tertiary/aromatic N) is 1. The van der Waals surface area contributed by atoms with Gasteiger partial charge in [-0.25, -0.2) is 0 Å². The van der Waals surface area contributed by atoms with E-state index in [0.29, 0.717) is 0 Å². The predicted molar refractivity (Wildman–Crippen MR) is 76.0 cm³/mol. The normalized spacial score (nSPS) is 17.0. The van der Waals surface area contributed by atoms with E-state index in [1.165, 1.54) is 24.9 Å². The van der Waals surface area contributed by atoms with Crippen molar-refractivity contribution in [2.24, 2.45) is 0 Å². The minimum atomic E-state index is 0.718. The van der Waals surface area contributed by atoms with E-state index >= 15 is 0 Å². The van der Waals surface area contributed by atoms with E-state index in [-0.39, 0.29) is 0 Å². The molecule has 0 atom stereocenters. The van der Waals surface area contributed by atoms with Gasteiger partial charge in [-0.2, -0.15) is 0 Å². The molecule has 3 heteroatoms. The van der Waals surface area contributed by atoms with E-state index < -0.39 is 0 Å². The molecule has 100 valence electrons. The van der Waals surface area contributed by atoms with Gasteiger partial charge in [0.1, 0.15) is 0 Å². The summed E-state index contributed by atoms with van der Waals surface area (Å²) in [6, 6.07) is 11.1. The van der Waals surface area contributed by atoms with Crippen LogP contribution in [0.25, 0.3) is 0 Å². The quantitative estimate of drug-likeness (QED) is 0.783. The third-order valence-corrected chi connectivity index (χ3v) is 3.60. The Morgan fingerprint density at radius 2 is 1.94 bits per heavy atom. The molecule has 0 spiro atoms. The lowest BCUT2D eigenvalue weighted by Gasteiger charge is -2.31. The molecule has 1 aromatic rings. The SMILES string of the molecule is CN(CCCNc1ccccc1)C1CCOCC1. The van der Waals surface area contributed by atoms with Gasteiger partial charge in [-0.15, -0.1) is 0 Å². The first kappa shape index (κ1) is 13.4. The van der Waals surface area contributed by atoms with Crippen molar-refractivity contribution in [2.45, 2.75) is 25.3 Å². The molecule has 0 unspecified atom stereocenters. The first-order valence-corrected chi connectivity index (χ1v) is 6.93. The highest BCUT2D eigenvalue weighted by Gasteiger charge is 2.17. The van der Waals surface area contributed by atoms with Crippen LogP contribution >= 0.6 is 0 Å². The highest BCUT2D eigenvalue weighted by Crippen LogP contribution is 2.13. The maximum absolute atomic E-state index is 5.39. The topological polar surface area (TPSA) is 24.5 Å². The lowest BCUT2D eigenvalue weighted by molar-refractivity contribution is 0.0430. The van der Waals surface area contributed by atoms with Crippen LogP contribution in [0, 0.1) is 0 Å². The van der Waals surface area contributed by atoms with Crippen LogP contribution in [-0.2, 0) is 4.74 Å². The van der Waals surface area contributed by atoms with Gasteiger partial charge in [0.05, 0.1) is 0 Å². The third kappa shape index (κ3) is 4.31. The minimum Gasteiger partial charge on any atom is -0.385 e. The number of benzene rings is 1. The summed E-state index contributed by atoms with van der Waals surface area (Å²) in [6.45, 7) is 4.05. The summed E-state index contributed by atoms with van der Waals surface area (Å²) in [5, 5.41) is 3.45. The maximum Gasteiger partial charge on any atom is 0.0480 e. The van der Waals surface area contributed by atoms with Gasteiger partial charge in [0.15, 0.2) is 0 Å². The number of hydrogen-bond acceptors (Lipinski definition) is 3. The number of ether oxygens (including phenoxy) is 1. The molecule has 0 amide bonds. The molecule has 1 aliphatic rings. The van der Waals surface area contributed by atoms with E-state index in [1.54, 1.807) is 0 Å². The Bertz CT molecular complexity index is 323. The number of rotatable bonds is 6. The van der Waals surface area contributed by atoms with Crippen molar-refractivity contribution in [3.63, 3.8) is 0 Å². The Morgan fingerprint density at radius 3 is 2.67 bits per heavy atom. The largest absolute Gasteiger partial charge is 0.385 e. The zero-order valence-corrected chi connectivity index (χ0v) is 11.3. The molecular formula is C15H24N2O. The second-order valence-electron chi connectivity index (χ2n) is 4.97. The van der Waals surface area contributed by atoms with E-state index in [4.69, 9.17) is 4.74 Å². The fraction of sp³-hybridized carbons (Fsp3) is 0.600. The number of hydrogen-bond donors (Lipinski definition) is 1. The van der Waals surface area contributed by atoms with Crippen LogP contribution in [-0.4, -0.2) is 44.3 Å². The predicted octanol–water partition coefficient (Wildman–Crippen LogP) is 2.60. The van der Waals surface area contributed by atoms with Gasteiger partial charge in [0, 0.05) is 31.5 Å². The molecule has 2 rings (SSSR count). The number of anilines is 1. The van der Waals surface area contributed by atoms with Crippen molar-refractivity contribution in [3.8, 4) is 0 Å². The van der Waals surface area contributed by atoms with Crippen LogP contribution in [0.5, 0.6) is 0 Å². The Balaban J connectivity index is 1.60. The van der Waals surface area contributed by atoms with Gasteiger partial charge in [-0.3, -0.25) is 0 Å². The van der Waals surface area contributed by atoms with Crippen molar-refractivity contribution in [2.75, 3.05) is 38.7 Å². The highest BCUT2D eigenvalue weighted by atomic mass is 16.5.